The Morgan fingerprint density at radius 2 is 2.14 bits per heavy atom. The monoisotopic (exact) mass is 293 g/mol. The quantitative estimate of drug-likeness (QED) is 0.819. The third-order valence-corrected chi connectivity index (χ3v) is 4.86. The Kier molecular flexibility index (Phi) is 4.57. The van der Waals surface area contributed by atoms with E-state index in [0.29, 0.717) is 12.1 Å². The summed E-state index contributed by atoms with van der Waals surface area (Å²) in [4.78, 5) is 9.37. The Morgan fingerprint density at radius 3 is 2.86 bits per heavy atom. The lowest BCUT2D eigenvalue weighted by atomic mass is 10.1. The summed E-state index contributed by atoms with van der Waals surface area (Å²) in [6, 6.07) is 0.972. The number of hydrogen-bond acceptors (Lipinski definition) is 6. The minimum absolute atomic E-state index is 0.484. The summed E-state index contributed by atoms with van der Waals surface area (Å²) < 4.78 is 5.45. The Bertz CT molecular complexity index is 459. The third kappa shape index (κ3) is 3.81. The number of nitrogens with zero attached hydrogens (tertiary/aromatic N) is 4. The van der Waals surface area contributed by atoms with Gasteiger partial charge in [0.05, 0.1) is 0 Å². The van der Waals surface area contributed by atoms with Crippen molar-refractivity contribution in [3.05, 3.63) is 11.7 Å². The van der Waals surface area contributed by atoms with E-state index in [-0.39, 0.29) is 0 Å². The number of aromatic nitrogens is 2. The molecule has 2 atom stereocenters. The Balaban J connectivity index is 1.56. The van der Waals surface area contributed by atoms with Gasteiger partial charge in [0.1, 0.15) is 0 Å². The van der Waals surface area contributed by atoms with Crippen molar-refractivity contribution in [1.29, 1.82) is 0 Å². The van der Waals surface area contributed by atoms with Crippen molar-refractivity contribution in [3.63, 3.8) is 0 Å². The van der Waals surface area contributed by atoms with Crippen molar-refractivity contribution in [2.75, 3.05) is 40.8 Å². The molecule has 2 aliphatic rings. The van der Waals surface area contributed by atoms with Crippen LogP contribution >= 0.6 is 0 Å². The van der Waals surface area contributed by atoms with Crippen LogP contribution in [0.3, 0.4) is 0 Å². The van der Waals surface area contributed by atoms with Crippen molar-refractivity contribution in [3.8, 4) is 0 Å². The molecular weight excluding hydrogens is 266 g/mol. The molecule has 2 unspecified atom stereocenters. The van der Waals surface area contributed by atoms with E-state index in [2.05, 4.69) is 39.4 Å². The van der Waals surface area contributed by atoms with Gasteiger partial charge in [0.15, 0.2) is 5.82 Å². The molecule has 0 radical (unpaired) electrons. The molecule has 1 aliphatic heterocycles. The molecule has 21 heavy (non-hydrogen) atoms. The van der Waals surface area contributed by atoms with Crippen LogP contribution in [0.2, 0.25) is 0 Å². The summed E-state index contributed by atoms with van der Waals surface area (Å²) in [5, 5.41) is 7.55. The van der Waals surface area contributed by atoms with Gasteiger partial charge in [0.2, 0.25) is 5.89 Å². The van der Waals surface area contributed by atoms with Crippen molar-refractivity contribution in [2.45, 2.75) is 37.8 Å². The average Bonchev–Trinajstić information content (AvgIpc) is 3.22. The van der Waals surface area contributed by atoms with Crippen molar-refractivity contribution >= 4 is 0 Å². The van der Waals surface area contributed by atoms with Crippen LogP contribution in [0, 0.1) is 5.92 Å². The summed E-state index contributed by atoms with van der Waals surface area (Å²) in [5.74, 6) is 2.43. The molecule has 118 valence electrons. The lowest BCUT2D eigenvalue weighted by Gasteiger charge is -2.37. The summed E-state index contributed by atoms with van der Waals surface area (Å²) >= 11 is 0. The zero-order valence-electron chi connectivity index (χ0n) is 13.4. The van der Waals surface area contributed by atoms with Gasteiger partial charge in [-0.15, -0.1) is 0 Å². The van der Waals surface area contributed by atoms with Crippen LogP contribution in [0.5, 0.6) is 0 Å². The topological polar surface area (TPSA) is 57.4 Å². The van der Waals surface area contributed by atoms with Crippen molar-refractivity contribution in [2.24, 2.45) is 5.92 Å². The molecule has 1 saturated heterocycles. The first kappa shape index (κ1) is 14.9. The fourth-order valence-electron chi connectivity index (χ4n) is 3.18. The van der Waals surface area contributed by atoms with Gasteiger partial charge in [-0.05, 0) is 39.9 Å². The van der Waals surface area contributed by atoms with Gasteiger partial charge >= 0.3 is 0 Å². The second-order valence-electron chi connectivity index (χ2n) is 6.64. The first-order valence-electron chi connectivity index (χ1n) is 8.03. The Morgan fingerprint density at radius 1 is 1.33 bits per heavy atom. The van der Waals surface area contributed by atoms with Crippen LogP contribution < -0.4 is 5.32 Å². The van der Waals surface area contributed by atoms with E-state index in [0.717, 1.165) is 50.1 Å². The normalized spacial score (nSPS) is 26.1. The molecule has 2 fully saturated rings. The van der Waals surface area contributed by atoms with Crippen molar-refractivity contribution in [1.82, 2.24) is 25.3 Å². The summed E-state index contributed by atoms with van der Waals surface area (Å²) in [7, 11) is 6.38. The molecule has 1 N–H and O–H groups in total. The third-order valence-electron chi connectivity index (χ3n) is 4.86. The van der Waals surface area contributed by atoms with Gasteiger partial charge in [0, 0.05) is 44.6 Å². The van der Waals surface area contributed by atoms with Gasteiger partial charge in [-0.25, -0.2) is 0 Å². The highest BCUT2D eigenvalue weighted by Crippen LogP contribution is 2.33. The van der Waals surface area contributed by atoms with E-state index in [9.17, 15) is 0 Å². The lowest BCUT2D eigenvalue weighted by molar-refractivity contribution is 0.113. The lowest BCUT2D eigenvalue weighted by Crippen LogP contribution is -2.50. The molecule has 0 spiro atoms. The van der Waals surface area contributed by atoms with E-state index < -0.39 is 0 Å². The molecule has 2 heterocycles. The molecule has 0 bridgehead atoms. The summed E-state index contributed by atoms with van der Waals surface area (Å²) in [6.45, 7) is 3.31. The Labute approximate surface area is 126 Å². The average molecular weight is 293 g/mol. The zero-order chi connectivity index (χ0) is 14.8. The predicted octanol–water partition coefficient (Wildman–Crippen LogP) is 0.398. The number of nitrogens with one attached hydrogen (secondary N) is 1. The van der Waals surface area contributed by atoms with Crippen LogP contribution in [0.15, 0.2) is 4.52 Å². The molecule has 0 amide bonds. The van der Waals surface area contributed by atoms with Gasteiger partial charge in [0.25, 0.3) is 0 Å². The molecular formula is C15H27N5O. The van der Waals surface area contributed by atoms with E-state index in [1.807, 2.05) is 7.05 Å². The molecule has 3 rings (SSSR count). The molecule has 1 aliphatic carbocycles. The van der Waals surface area contributed by atoms with Crippen LogP contribution in [0.25, 0.3) is 0 Å². The number of piperazine rings is 1. The highest BCUT2D eigenvalue weighted by molar-refractivity contribution is 4.97. The minimum Gasteiger partial charge on any atom is -0.339 e. The number of rotatable bonds is 6. The van der Waals surface area contributed by atoms with E-state index in [1.165, 1.54) is 12.8 Å². The fraction of sp³-hybridized carbons (Fsp3) is 0.867. The minimum atomic E-state index is 0.484. The Hall–Kier alpha value is -0.980. The maximum absolute atomic E-state index is 5.45. The zero-order valence-corrected chi connectivity index (χ0v) is 13.4. The largest absolute Gasteiger partial charge is 0.339 e. The first-order chi connectivity index (χ1) is 10.2. The van der Waals surface area contributed by atoms with Gasteiger partial charge < -0.3 is 19.6 Å². The second kappa shape index (κ2) is 6.42. The fourth-order valence-corrected chi connectivity index (χ4v) is 3.18. The molecule has 0 aromatic carbocycles. The molecule has 6 heteroatoms. The first-order valence-corrected chi connectivity index (χ1v) is 8.03. The van der Waals surface area contributed by atoms with Crippen LogP contribution in [0.1, 0.15) is 24.6 Å². The summed E-state index contributed by atoms with van der Waals surface area (Å²) in [6.07, 6.45) is 4.38. The highest BCUT2D eigenvalue weighted by atomic mass is 16.5. The maximum atomic E-state index is 5.45. The molecule has 6 nitrogen and oxygen atoms in total. The maximum Gasteiger partial charge on any atom is 0.228 e. The predicted molar refractivity (Wildman–Crippen MR) is 81.2 cm³/mol. The number of hydrogen-bond donors (Lipinski definition) is 1. The highest BCUT2D eigenvalue weighted by Gasteiger charge is 2.31. The molecule has 1 saturated carbocycles. The van der Waals surface area contributed by atoms with E-state index in [4.69, 9.17) is 4.52 Å². The molecule has 1 aromatic rings. The van der Waals surface area contributed by atoms with Gasteiger partial charge in [-0.2, -0.15) is 4.98 Å². The summed E-state index contributed by atoms with van der Waals surface area (Å²) in [5.41, 5.74) is 0. The smallest absolute Gasteiger partial charge is 0.228 e. The second-order valence-corrected chi connectivity index (χ2v) is 6.64. The van der Waals surface area contributed by atoms with Crippen molar-refractivity contribution < 1.29 is 4.52 Å². The standard InChI is InChI=1S/C15H27N5O/c1-16-13(11-4-5-11)9-15-17-14(18-21-15)8-12-10-19(2)6-7-20(12)3/h11-13,16H,4-10H2,1-3H3. The van der Waals surface area contributed by atoms with Gasteiger partial charge in [-0.1, -0.05) is 5.16 Å². The molecule has 1 aromatic heterocycles. The van der Waals surface area contributed by atoms with E-state index in [1.54, 1.807) is 0 Å². The van der Waals surface area contributed by atoms with Crippen LogP contribution in [-0.2, 0) is 12.8 Å². The van der Waals surface area contributed by atoms with Crippen LogP contribution in [0.4, 0.5) is 0 Å². The number of likely N-dealkylation sites (N-methyl/N-ethyl adjacent to an activating group) is 3. The van der Waals surface area contributed by atoms with Crippen LogP contribution in [-0.4, -0.2) is 72.8 Å². The van der Waals surface area contributed by atoms with Gasteiger partial charge in [-0.3, -0.25) is 0 Å². The SMILES string of the molecule is CNC(Cc1nc(CC2CN(C)CCN2C)no1)C1CC1. The van der Waals surface area contributed by atoms with E-state index >= 15 is 0 Å².